The van der Waals surface area contributed by atoms with Crippen LogP contribution in [0.2, 0.25) is 0 Å². The molecule has 1 aliphatic heterocycles. The number of hydrogen-bond acceptors (Lipinski definition) is 3. The largest absolute Gasteiger partial charge is 0.382 e. The van der Waals surface area contributed by atoms with Gasteiger partial charge in [-0.1, -0.05) is 13.8 Å². The van der Waals surface area contributed by atoms with Crippen molar-refractivity contribution in [1.29, 1.82) is 0 Å². The fourth-order valence-corrected chi connectivity index (χ4v) is 3.02. The molecular weight excluding hydrogens is 224 g/mol. The standard InChI is InChI=1S/C15H30N2O/c1-4-18-9-5-8-17-11-14(12(2)3)16-10-15(17)13-6-7-13/h12-16H,4-11H2,1-3H3. The molecule has 0 radical (unpaired) electrons. The summed E-state index contributed by atoms with van der Waals surface area (Å²) in [6.07, 6.45) is 4.07. The summed E-state index contributed by atoms with van der Waals surface area (Å²) in [6.45, 7) is 12.1. The number of hydrogen-bond donors (Lipinski definition) is 1. The van der Waals surface area contributed by atoms with Crippen molar-refractivity contribution >= 4 is 0 Å². The highest BCUT2D eigenvalue weighted by Crippen LogP contribution is 2.36. The molecule has 0 amide bonds. The maximum absolute atomic E-state index is 5.47. The van der Waals surface area contributed by atoms with Gasteiger partial charge in [0.05, 0.1) is 0 Å². The Labute approximate surface area is 112 Å². The van der Waals surface area contributed by atoms with Crippen LogP contribution in [0, 0.1) is 11.8 Å². The van der Waals surface area contributed by atoms with Crippen LogP contribution < -0.4 is 5.32 Å². The van der Waals surface area contributed by atoms with Crippen LogP contribution in [0.1, 0.15) is 40.0 Å². The minimum Gasteiger partial charge on any atom is -0.382 e. The fraction of sp³-hybridized carbons (Fsp3) is 1.00. The van der Waals surface area contributed by atoms with Gasteiger partial charge in [0.25, 0.3) is 0 Å². The first-order valence-electron chi connectivity index (χ1n) is 7.77. The van der Waals surface area contributed by atoms with Crippen LogP contribution in [0.25, 0.3) is 0 Å². The van der Waals surface area contributed by atoms with Gasteiger partial charge in [-0.05, 0) is 38.0 Å². The van der Waals surface area contributed by atoms with Crippen molar-refractivity contribution in [3.05, 3.63) is 0 Å². The quantitative estimate of drug-likeness (QED) is 0.704. The van der Waals surface area contributed by atoms with Crippen LogP contribution >= 0.6 is 0 Å². The molecule has 1 saturated carbocycles. The summed E-state index contributed by atoms with van der Waals surface area (Å²) in [6, 6.07) is 1.47. The van der Waals surface area contributed by atoms with Crippen molar-refractivity contribution in [3.8, 4) is 0 Å². The van der Waals surface area contributed by atoms with Crippen LogP contribution in [0.3, 0.4) is 0 Å². The SMILES string of the molecule is CCOCCCN1CC(C(C)C)NCC1C1CC1. The molecule has 106 valence electrons. The molecule has 2 fully saturated rings. The summed E-state index contributed by atoms with van der Waals surface area (Å²) in [5, 5.41) is 3.75. The Bertz CT molecular complexity index is 241. The van der Waals surface area contributed by atoms with Gasteiger partial charge >= 0.3 is 0 Å². The monoisotopic (exact) mass is 254 g/mol. The molecule has 18 heavy (non-hydrogen) atoms. The van der Waals surface area contributed by atoms with Gasteiger partial charge in [-0.3, -0.25) is 4.90 Å². The van der Waals surface area contributed by atoms with E-state index in [0.717, 1.165) is 31.1 Å². The first-order chi connectivity index (χ1) is 8.72. The highest BCUT2D eigenvalue weighted by molar-refractivity contribution is 4.95. The van der Waals surface area contributed by atoms with E-state index < -0.39 is 0 Å². The molecule has 1 N–H and O–H groups in total. The van der Waals surface area contributed by atoms with E-state index in [4.69, 9.17) is 4.74 Å². The molecule has 3 heteroatoms. The number of nitrogens with one attached hydrogen (secondary N) is 1. The summed E-state index contributed by atoms with van der Waals surface area (Å²) in [5.74, 6) is 1.71. The summed E-state index contributed by atoms with van der Waals surface area (Å²) >= 11 is 0. The van der Waals surface area contributed by atoms with Crippen LogP contribution in [0.4, 0.5) is 0 Å². The second kappa shape index (κ2) is 6.88. The zero-order valence-electron chi connectivity index (χ0n) is 12.3. The molecule has 2 rings (SSSR count). The Morgan fingerprint density at radius 3 is 2.72 bits per heavy atom. The van der Waals surface area contributed by atoms with Crippen LogP contribution in [0.5, 0.6) is 0 Å². The molecular formula is C15H30N2O. The van der Waals surface area contributed by atoms with Gasteiger partial charge in [0.15, 0.2) is 0 Å². The lowest BCUT2D eigenvalue weighted by Gasteiger charge is -2.42. The van der Waals surface area contributed by atoms with Crippen LogP contribution in [0.15, 0.2) is 0 Å². The van der Waals surface area contributed by atoms with Gasteiger partial charge in [-0.2, -0.15) is 0 Å². The lowest BCUT2D eigenvalue weighted by Crippen LogP contribution is -2.59. The number of ether oxygens (including phenoxy) is 1. The third-order valence-corrected chi connectivity index (χ3v) is 4.40. The molecule has 2 atom stereocenters. The molecule has 1 saturated heterocycles. The number of rotatable bonds is 7. The van der Waals surface area contributed by atoms with E-state index in [1.165, 1.54) is 38.9 Å². The molecule has 1 aliphatic carbocycles. The van der Waals surface area contributed by atoms with Crippen molar-refractivity contribution in [2.45, 2.75) is 52.1 Å². The Hall–Kier alpha value is -0.120. The normalized spacial score (nSPS) is 30.0. The van der Waals surface area contributed by atoms with Gasteiger partial charge < -0.3 is 10.1 Å². The minimum atomic E-state index is 0.673. The molecule has 0 aromatic rings. The minimum absolute atomic E-state index is 0.673. The van der Waals surface area contributed by atoms with Crippen molar-refractivity contribution in [1.82, 2.24) is 10.2 Å². The van der Waals surface area contributed by atoms with Gasteiger partial charge in [-0.15, -0.1) is 0 Å². The number of nitrogens with zero attached hydrogens (tertiary/aromatic N) is 1. The molecule has 1 heterocycles. The lowest BCUT2D eigenvalue weighted by atomic mass is 9.97. The maximum Gasteiger partial charge on any atom is 0.0478 e. The zero-order chi connectivity index (χ0) is 13.0. The molecule has 0 aromatic heterocycles. The van der Waals surface area contributed by atoms with E-state index in [-0.39, 0.29) is 0 Å². The summed E-state index contributed by atoms with van der Waals surface area (Å²) in [4.78, 5) is 2.73. The Morgan fingerprint density at radius 1 is 1.33 bits per heavy atom. The van der Waals surface area contributed by atoms with Gasteiger partial charge in [-0.25, -0.2) is 0 Å². The summed E-state index contributed by atoms with van der Waals surface area (Å²) < 4.78 is 5.47. The van der Waals surface area contributed by atoms with E-state index in [1.54, 1.807) is 0 Å². The van der Waals surface area contributed by atoms with E-state index in [0.29, 0.717) is 6.04 Å². The molecule has 2 unspecified atom stereocenters. The predicted molar refractivity (Wildman–Crippen MR) is 75.8 cm³/mol. The highest BCUT2D eigenvalue weighted by Gasteiger charge is 2.38. The lowest BCUT2D eigenvalue weighted by molar-refractivity contribution is 0.0793. The summed E-state index contributed by atoms with van der Waals surface area (Å²) in [5.41, 5.74) is 0. The molecule has 0 aromatic carbocycles. The summed E-state index contributed by atoms with van der Waals surface area (Å²) in [7, 11) is 0. The smallest absolute Gasteiger partial charge is 0.0478 e. The van der Waals surface area contributed by atoms with Crippen molar-refractivity contribution in [2.24, 2.45) is 11.8 Å². The maximum atomic E-state index is 5.47. The Morgan fingerprint density at radius 2 is 2.11 bits per heavy atom. The van der Waals surface area contributed by atoms with E-state index in [9.17, 15) is 0 Å². The second-order valence-corrected chi connectivity index (χ2v) is 6.21. The van der Waals surface area contributed by atoms with E-state index >= 15 is 0 Å². The first kappa shape index (κ1) is 14.3. The average Bonchev–Trinajstić information content (AvgIpc) is 3.18. The molecule has 3 nitrogen and oxygen atoms in total. The van der Waals surface area contributed by atoms with Gasteiger partial charge in [0.1, 0.15) is 0 Å². The molecule has 0 bridgehead atoms. The average molecular weight is 254 g/mol. The Kier molecular flexibility index (Phi) is 5.46. The third-order valence-electron chi connectivity index (χ3n) is 4.40. The predicted octanol–water partition coefficient (Wildman–Crippen LogP) is 2.12. The number of piperazine rings is 1. The fourth-order valence-electron chi connectivity index (χ4n) is 3.02. The first-order valence-corrected chi connectivity index (χ1v) is 7.77. The van der Waals surface area contributed by atoms with E-state index in [2.05, 4.69) is 31.0 Å². The van der Waals surface area contributed by atoms with Gasteiger partial charge in [0, 0.05) is 44.9 Å². The second-order valence-electron chi connectivity index (χ2n) is 6.21. The van der Waals surface area contributed by atoms with Crippen LogP contribution in [-0.2, 0) is 4.74 Å². The topological polar surface area (TPSA) is 24.5 Å². The van der Waals surface area contributed by atoms with Gasteiger partial charge in [0.2, 0.25) is 0 Å². The highest BCUT2D eigenvalue weighted by atomic mass is 16.5. The Balaban J connectivity index is 1.80. The van der Waals surface area contributed by atoms with Crippen molar-refractivity contribution < 1.29 is 4.74 Å². The van der Waals surface area contributed by atoms with Crippen molar-refractivity contribution in [3.63, 3.8) is 0 Å². The molecule has 2 aliphatic rings. The zero-order valence-corrected chi connectivity index (χ0v) is 12.3. The van der Waals surface area contributed by atoms with Crippen molar-refractivity contribution in [2.75, 3.05) is 32.8 Å². The van der Waals surface area contributed by atoms with E-state index in [1.807, 2.05) is 0 Å². The molecule has 0 spiro atoms. The third kappa shape index (κ3) is 3.94. The van der Waals surface area contributed by atoms with Crippen LogP contribution in [-0.4, -0.2) is 49.8 Å².